The molecule has 0 saturated carbocycles. The zero-order valence-corrected chi connectivity index (χ0v) is 11.8. The Morgan fingerprint density at radius 1 is 1.10 bits per heavy atom. The van der Waals surface area contributed by atoms with E-state index in [1.54, 1.807) is 4.90 Å². The zero-order chi connectivity index (χ0) is 14.7. The van der Waals surface area contributed by atoms with Gasteiger partial charge in [0.15, 0.2) is 0 Å². The predicted octanol–water partition coefficient (Wildman–Crippen LogP) is -1.47. The molecule has 3 N–H and O–H groups in total. The largest absolute Gasteiger partial charge is 0.369 e. The summed E-state index contributed by atoms with van der Waals surface area (Å²) >= 11 is 0. The number of piperazine rings is 1. The van der Waals surface area contributed by atoms with Gasteiger partial charge < -0.3 is 20.9 Å². The number of hydrogen-bond acceptors (Lipinski definition) is 4. The lowest BCUT2D eigenvalue weighted by Gasteiger charge is -2.38. The summed E-state index contributed by atoms with van der Waals surface area (Å²) in [6.07, 6.45) is 1.39. The molecule has 3 amide bonds. The fraction of sp³-hybridized carbons (Fsp3) is 0.769. The minimum Gasteiger partial charge on any atom is -0.369 e. The molecule has 2 rings (SSSR count). The van der Waals surface area contributed by atoms with Crippen molar-refractivity contribution in [2.45, 2.75) is 25.8 Å². The summed E-state index contributed by atoms with van der Waals surface area (Å²) in [6, 6.07) is -0.0232. The van der Waals surface area contributed by atoms with Crippen LogP contribution in [0.15, 0.2) is 0 Å². The molecule has 0 aliphatic carbocycles. The van der Waals surface area contributed by atoms with Gasteiger partial charge in [-0.3, -0.25) is 14.4 Å². The van der Waals surface area contributed by atoms with Crippen molar-refractivity contribution in [3.8, 4) is 0 Å². The Bertz CT molecular complexity index is 406. The molecule has 2 aliphatic rings. The molecule has 20 heavy (non-hydrogen) atoms. The Morgan fingerprint density at radius 2 is 1.75 bits per heavy atom. The van der Waals surface area contributed by atoms with E-state index in [0.29, 0.717) is 39.0 Å². The second-order valence-corrected chi connectivity index (χ2v) is 5.53. The third-order valence-electron chi connectivity index (χ3n) is 4.13. The van der Waals surface area contributed by atoms with Crippen LogP contribution in [-0.2, 0) is 14.4 Å². The number of rotatable bonds is 1. The number of piperidine rings is 1. The number of primary amides is 1. The summed E-state index contributed by atoms with van der Waals surface area (Å²) in [4.78, 5) is 38.9. The molecule has 7 heteroatoms. The molecule has 112 valence electrons. The first kappa shape index (κ1) is 14.8. The standard InChI is InChI=1S/C13H22N4O3/c1-9-2-3-10(11(14)18)8-17(9)13(20)12(19)16-6-4-15-5-7-16/h9-10,15H,2-8H2,1H3,(H2,14,18). The predicted molar refractivity (Wildman–Crippen MR) is 72.5 cm³/mol. The second kappa shape index (κ2) is 6.21. The maximum absolute atomic E-state index is 12.3. The van der Waals surface area contributed by atoms with Crippen LogP contribution in [0.4, 0.5) is 0 Å². The van der Waals surface area contributed by atoms with Gasteiger partial charge in [-0.25, -0.2) is 0 Å². The van der Waals surface area contributed by atoms with Gasteiger partial charge >= 0.3 is 11.8 Å². The number of amides is 3. The van der Waals surface area contributed by atoms with Crippen LogP contribution in [-0.4, -0.2) is 66.3 Å². The van der Waals surface area contributed by atoms with Crippen LogP contribution in [0.25, 0.3) is 0 Å². The number of likely N-dealkylation sites (tertiary alicyclic amines) is 1. The first-order valence-electron chi connectivity index (χ1n) is 7.10. The van der Waals surface area contributed by atoms with E-state index in [-0.39, 0.29) is 18.5 Å². The lowest BCUT2D eigenvalue weighted by molar-refractivity contribution is -0.155. The van der Waals surface area contributed by atoms with Gasteiger partial charge in [0.05, 0.1) is 5.92 Å². The average Bonchev–Trinajstić information content (AvgIpc) is 2.47. The van der Waals surface area contributed by atoms with Crippen LogP contribution >= 0.6 is 0 Å². The lowest BCUT2D eigenvalue weighted by Crippen LogP contribution is -2.56. The third-order valence-corrected chi connectivity index (χ3v) is 4.13. The van der Waals surface area contributed by atoms with E-state index >= 15 is 0 Å². The molecule has 0 bridgehead atoms. The van der Waals surface area contributed by atoms with Crippen molar-refractivity contribution in [1.82, 2.24) is 15.1 Å². The number of nitrogens with two attached hydrogens (primary N) is 1. The van der Waals surface area contributed by atoms with Crippen LogP contribution in [0.3, 0.4) is 0 Å². The van der Waals surface area contributed by atoms with Crippen LogP contribution < -0.4 is 11.1 Å². The van der Waals surface area contributed by atoms with Crippen LogP contribution in [0.5, 0.6) is 0 Å². The molecule has 2 atom stereocenters. The van der Waals surface area contributed by atoms with Crippen LogP contribution in [0.2, 0.25) is 0 Å². The topological polar surface area (TPSA) is 95.7 Å². The molecule has 7 nitrogen and oxygen atoms in total. The van der Waals surface area contributed by atoms with Crippen molar-refractivity contribution >= 4 is 17.7 Å². The van der Waals surface area contributed by atoms with E-state index in [0.717, 1.165) is 0 Å². The quantitative estimate of drug-likeness (QED) is 0.574. The molecule has 0 aromatic rings. The van der Waals surface area contributed by atoms with Crippen molar-refractivity contribution in [2.24, 2.45) is 11.7 Å². The monoisotopic (exact) mass is 282 g/mol. The minimum atomic E-state index is -0.509. The highest BCUT2D eigenvalue weighted by Gasteiger charge is 2.36. The molecule has 2 heterocycles. The van der Waals surface area contributed by atoms with Crippen molar-refractivity contribution in [1.29, 1.82) is 0 Å². The summed E-state index contributed by atoms with van der Waals surface area (Å²) in [5.74, 6) is -1.72. The van der Waals surface area contributed by atoms with Crippen molar-refractivity contribution in [3.05, 3.63) is 0 Å². The first-order valence-corrected chi connectivity index (χ1v) is 7.10. The van der Waals surface area contributed by atoms with E-state index in [1.165, 1.54) is 4.90 Å². The zero-order valence-electron chi connectivity index (χ0n) is 11.8. The van der Waals surface area contributed by atoms with Crippen LogP contribution in [0.1, 0.15) is 19.8 Å². The normalized spacial score (nSPS) is 27.2. The maximum Gasteiger partial charge on any atom is 0.312 e. The molecule has 0 spiro atoms. The number of carbonyl (C=O) groups is 3. The Kier molecular flexibility index (Phi) is 4.59. The van der Waals surface area contributed by atoms with Gasteiger partial charge in [-0.05, 0) is 19.8 Å². The van der Waals surface area contributed by atoms with Gasteiger partial charge in [-0.1, -0.05) is 0 Å². The van der Waals surface area contributed by atoms with E-state index in [1.807, 2.05) is 6.92 Å². The summed E-state index contributed by atoms with van der Waals surface area (Å²) in [5, 5.41) is 3.14. The third kappa shape index (κ3) is 3.09. The van der Waals surface area contributed by atoms with Crippen molar-refractivity contribution < 1.29 is 14.4 Å². The first-order chi connectivity index (χ1) is 9.50. The van der Waals surface area contributed by atoms with E-state index < -0.39 is 17.7 Å². The Hall–Kier alpha value is -1.63. The fourth-order valence-corrected chi connectivity index (χ4v) is 2.75. The van der Waals surface area contributed by atoms with Crippen molar-refractivity contribution in [3.63, 3.8) is 0 Å². The molecule has 2 unspecified atom stereocenters. The molecule has 2 aliphatic heterocycles. The highest BCUT2D eigenvalue weighted by atomic mass is 16.2. The maximum atomic E-state index is 12.3. The summed E-state index contributed by atoms with van der Waals surface area (Å²) in [7, 11) is 0. The number of carbonyl (C=O) groups excluding carboxylic acids is 3. The Labute approximate surface area is 118 Å². The highest BCUT2D eigenvalue weighted by molar-refractivity contribution is 6.35. The van der Waals surface area contributed by atoms with Crippen LogP contribution in [0, 0.1) is 5.92 Å². The van der Waals surface area contributed by atoms with Gasteiger partial charge in [0.1, 0.15) is 0 Å². The fourth-order valence-electron chi connectivity index (χ4n) is 2.75. The molecule has 0 aromatic carbocycles. The minimum absolute atomic E-state index is 0.0232. The molecule has 2 saturated heterocycles. The van der Waals surface area contributed by atoms with E-state index in [4.69, 9.17) is 5.73 Å². The lowest BCUT2D eigenvalue weighted by atomic mass is 9.93. The van der Waals surface area contributed by atoms with Gasteiger partial charge in [-0.2, -0.15) is 0 Å². The summed E-state index contributed by atoms with van der Waals surface area (Å²) < 4.78 is 0. The molecular weight excluding hydrogens is 260 g/mol. The molecule has 2 fully saturated rings. The summed E-state index contributed by atoms with van der Waals surface area (Å²) in [5.41, 5.74) is 5.31. The van der Waals surface area contributed by atoms with E-state index in [2.05, 4.69) is 5.32 Å². The number of nitrogens with zero attached hydrogens (tertiary/aromatic N) is 2. The molecular formula is C13H22N4O3. The Balaban J connectivity index is 2.02. The highest BCUT2D eigenvalue weighted by Crippen LogP contribution is 2.22. The van der Waals surface area contributed by atoms with Gasteiger partial charge in [0, 0.05) is 38.8 Å². The molecule has 0 aromatic heterocycles. The SMILES string of the molecule is CC1CCC(C(N)=O)CN1C(=O)C(=O)N1CCNCC1. The van der Waals surface area contributed by atoms with Crippen molar-refractivity contribution in [2.75, 3.05) is 32.7 Å². The van der Waals surface area contributed by atoms with Gasteiger partial charge in [-0.15, -0.1) is 0 Å². The van der Waals surface area contributed by atoms with Gasteiger partial charge in [0.25, 0.3) is 0 Å². The molecule has 0 radical (unpaired) electrons. The number of nitrogens with one attached hydrogen (secondary N) is 1. The van der Waals surface area contributed by atoms with E-state index in [9.17, 15) is 14.4 Å². The van der Waals surface area contributed by atoms with Gasteiger partial charge in [0.2, 0.25) is 5.91 Å². The Morgan fingerprint density at radius 3 is 2.35 bits per heavy atom. The summed E-state index contributed by atoms with van der Waals surface area (Å²) in [6.45, 7) is 4.67. The second-order valence-electron chi connectivity index (χ2n) is 5.53. The smallest absolute Gasteiger partial charge is 0.312 e. The average molecular weight is 282 g/mol. The number of hydrogen-bond donors (Lipinski definition) is 2.